The van der Waals surface area contributed by atoms with Crippen LogP contribution in [0.3, 0.4) is 0 Å². The molecule has 19 heavy (non-hydrogen) atoms. The monoisotopic (exact) mass is 297 g/mol. The summed E-state index contributed by atoms with van der Waals surface area (Å²) in [6.07, 6.45) is 1.25. The van der Waals surface area contributed by atoms with Crippen LogP contribution in [-0.4, -0.2) is 21.5 Å². The molecule has 1 saturated carbocycles. The molecule has 6 heteroatoms. The summed E-state index contributed by atoms with van der Waals surface area (Å²) in [7, 11) is 2.03. The van der Waals surface area contributed by atoms with Gasteiger partial charge in [0, 0.05) is 24.0 Å². The van der Waals surface area contributed by atoms with E-state index in [9.17, 15) is 0 Å². The Kier molecular flexibility index (Phi) is 3.60. The number of hydrogen-bond donors (Lipinski definition) is 0. The molecule has 4 nitrogen and oxygen atoms in total. The highest BCUT2D eigenvalue weighted by Gasteiger charge is 2.36. The minimum Gasteiger partial charge on any atom is -0.464 e. The highest BCUT2D eigenvalue weighted by atomic mass is 35.5. The van der Waals surface area contributed by atoms with Crippen molar-refractivity contribution in [3.05, 3.63) is 33.7 Å². The highest BCUT2D eigenvalue weighted by Crippen LogP contribution is 2.47. The third-order valence-corrected chi connectivity index (χ3v) is 4.50. The lowest BCUT2D eigenvalue weighted by Crippen LogP contribution is -2.17. The van der Waals surface area contributed by atoms with E-state index in [2.05, 4.69) is 33.5 Å². The molecule has 2 aromatic heterocycles. The Morgan fingerprint density at radius 2 is 2.26 bits per heavy atom. The van der Waals surface area contributed by atoms with Gasteiger partial charge in [0.05, 0.1) is 6.54 Å². The van der Waals surface area contributed by atoms with E-state index in [1.807, 2.05) is 7.05 Å². The van der Waals surface area contributed by atoms with Crippen LogP contribution in [0.25, 0.3) is 0 Å². The van der Waals surface area contributed by atoms with Crippen LogP contribution in [0.4, 0.5) is 0 Å². The Hall–Kier alpha value is -0.910. The Bertz CT molecular complexity index is 568. The van der Waals surface area contributed by atoms with Crippen LogP contribution in [0.1, 0.15) is 36.5 Å². The molecule has 0 aliphatic heterocycles. The number of hydrogen-bond acceptors (Lipinski definition) is 5. The maximum atomic E-state index is 6.00. The summed E-state index contributed by atoms with van der Waals surface area (Å²) >= 11 is 7.22. The molecule has 0 spiro atoms. The molecule has 2 aromatic rings. The van der Waals surface area contributed by atoms with E-state index in [1.165, 1.54) is 18.0 Å². The standard InChI is InChI=1S/C13H16ClN3OS/c1-8-5-10(8)12-4-3-9(18-12)6-17(2)7-11-13(14)19-16-15-11/h3-4,8,10H,5-7H2,1-2H3/t8-,10+/m1/s1. The van der Waals surface area contributed by atoms with E-state index in [0.29, 0.717) is 16.8 Å². The first-order valence-electron chi connectivity index (χ1n) is 6.37. The van der Waals surface area contributed by atoms with Crippen LogP contribution in [-0.2, 0) is 13.1 Å². The average molecular weight is 298 g/mol. The number of furan rings is 1. The predicted molar refractivity (Wildman–Crippen MR) is 75.3 cm³/mol. The summed E-state index contributed by atoms with van der Waals surface area (Å²) in [6, 6.07) is 4.17. The summed E-state index contributed by atoms with van der Waals surface area (Å²) in [4.78, 5) is 2.13. The molecule has 2 heterocycles. The summed E-state index contributed by atoms with van der Waals surface area (Å²) < 4.78 is 10.4. The minimum atomic E-state index is 0.635. The van der Waals surface area contributed by atoms with Gasteiger partial charge >= 0.3 is 0 Å². The van der Waals surface area contributed by atoms with Gasteiger partial charge in [-0.05, 0) is 31.5 Å². The zero-order valence-corrected chi connectivity index (χ0v) is 12.5. The van der Waals surface area contributed by atoms with Crippen molar-refractivity contribution in [1.29, 1.82) is 0 Å². The maximum absolute atomic E-state index is 6.00. The molecule has 1 fully saturated rings. The molecule has 0 bridgehead atoms. The van der Waals surface area contributed by atoms with E-state index >= 15 is 0 Å². The first kappa shape index (κ1) is 13.1. The Morgan fingerprint density at radius 3 is 2.89 bits per heavy atom. The zero-order valence-electron chi connectivity index (χ0n) is 11.0. The van der Waals surface area contributed by atoms with Gasteiger partial charge in [-0.15, -0.1) is 5.10 Å². The predicted octanol–water partition coefficient (Wildman–Crippen LogP) is 3.54. The van der Waals surface area contributed by atoms with Crippen molar-refractivity contribution in [2.24, 2.45) is 5.92 Å². The van der Waals surface area contributed by atoms with Crippen molar-refractivity contribution >= 4 is 23.1 Å². The molecule has 0 aromatic carbocycles. The molecule has 0 radical (unpaired) electrons. The topological polar surface area (TPSA) is 42.2 Å². The molecule has 102 valence electrons. The molecular weight excluding hydrogens is 282 g/mol. The lowest BCUT2D eigenvalue weighted by atomic mass is 10.3. The Balaban J connectivity index is 1.58. The molecule has 0 N–H and O–H groups in total. The van der Waals surface area contributed by atoms with Crippen molar-refractivity contribution in [2.45, 2.75) is 32.4 Å². The van der Waals surface area contributed by atoms with Crippen molar-refractivity contribution in [3.8, 4) is 0 Å². The summed E-state index contributed by atoms with van der Waals surface area (Å²) in [5.74, 6) is 3.54. The summed E-state index contributed by atoms with van der Waals surface area (Å²) in [5.41, 5.74) is 0.830. The fraction of sp³-hybridized carbons (Fsp3) is 0.538. The van der Waals surface area contributed by atoms with Crippen molar-refractivity contribution in [3.63, 3.8) is 0 Å². The number of halogens is 1. The van der Waals surface area contributed by atoms with Crippen molar-refractivity contribution < 1.29 is 4.42 Å². The lowest BCUT2D eigenvalue weighted by molar-refractivity contribution is 0.280. The SMILES string of the molecule is C[C@@H]1C[C@@H]1c1ccc(CN(C)Cc2nnsc2Cl)o1. The van der Waals surface area contributed by atoms with E-state index in [1.54, 1.807) is 0 Å². The van der Waals surface area contributed by atoms with Gasteiger partial charge in [-0.2, -0.15) is 0 Å². The van der Waals surface area contributed by atoms with Crippen molar-refractivity contribution in [1.82, 2.24) is 14.5 Å². The van der Waals surface area contributed by atoms with E-state index in [4.69, 9.17) is 16.0 Å². The average Bonchev–Trinajstić information content (AvgIpc) is 2.75. The summed E-state index contributed by atoms with van der Waals surface area (Å²) in [5, 5.41) is 4.02. The highest BCUT2D eigenvalue weighted by molar-refractivity contribution is 7.10. The molecule has 3 rings (SSSR count). The summed E-state index contributed by atoms with van der Waals surface area (Å²) in [6.45, 7) is 3.70. The quantitative estimate of drug-likeness (QED) is 0.846. The van der Waals surface area contributed by atoms with Crippen LogP contribution in [0, 0.1) is 5.92 Å². The van der Waals surface area contributed by atoms with Crippen LogP contribution >= 0.6 is 23.1 Å². The second-order valence-corrected chi connectivity index (χ2v) is 6.65. The number of aromatic nitrogens is 2. The Labute approximate surface area is 121 Å². The molecule has 1 aliphatic rings. The van der Waals surface area contributed by atoms with Gasteiger partial charge in [-0.1, -0.05) is 23.0 Å². The van der Waals surface area contributed by atoms with E-state index in [-0.39, 0.29) is 0 Å². The van der Waals surface area contributed by atoms with E-state index in [0.717, 1.165) is 29.7 Å². The largest absolute Gasteiger partial charge is 0.464 e. The van der Waals surface area contributed by atoms with E-state index < -0.39 is 0 Å². The Morgan fingerprint density at radius 1 is 1.47 bits per heavy atom. The van der Waals surface area contributed by atoms with Crippen LogP contribution in [0.15, 0.2) is 16.5 Å². The fourth-order valence-corrected chi connectivity index (χ4v) is 2.88. The normalized spacial score (nSPS) is 22.1. The maximum Gasteiger partial charge on any atom is 0.138 e. The van der Waals surface area contributed by atoms with Crippen molar-refractivity contribution in [2.75, 3.05) is 7.05 Å². The fourth-order valence-electron chi connectivity index (χ4n) is 2.27. The third kappa shape index (κ3) is 2.99. The molecule has 0 unspecified atom stereocenters. The zero-order chi connectivity index (χ0) is 13.4. The van der Waals surface area contributed by atoms with Gasteiger partial charge in [-0.3, -0.25) is 4.90 Å². The first-order chi connectivity index (χ1) is 9.13. The molecule has 2 atom stereocenters. The number of rotatable bonds is 5. The first-order valence-corrected chi connectivity index (χ1v) is 7.52. The molecule has 1 aliphatic carbocycles. The lowest BCUT2D eigenvalue weighted by Gasteiger charge is -2.13. The van der Waals surface area contributed by atoms with Gasteiger partial charge in [0.2, 0.25) is 0 Å². The van der Waals surface area contributed by atoms with Gasteiger partial charge < -0.3 is 4.42 Å². The van der Waals surface area contributed by atoms with Crippen LogP contribution < -0.4 is 0 Å². The van der Waals surface area contributed by atoms with Gasteiger partial charge in [0.1, 0.15) is 21.6 Å². The van der Waals surface area contributed by atoms with Crippen LogP contribution in [0.2, 0.25) is 4.34 Å². The molecule has 0 amide bonds. The molecular formula is C13H16ClN3OS. The third-order valence-electron chi connectivity index (χ3n) is 3.51. The smallest absolute Gasteiger partial charge is 0.138 e. The van der Waals surface area contributed by atoms with Gasteiger partial charge in [-0.25, -0.2) is 0 Å². The molecule has 0 saturated heterocycles. The second-order valence-electron chi connectivity index (χ2n) is 5.29. The van der Waals surface area contributed by atoms with Gasteiger partial charge in [0.15, 0.2) is 0 Å². The van der Waals surface area contributed by atoms with Gasteiger partial charge in [0.25, 0.3) is 0 Å². The number of nitrogens with zero attached hydrogens (tertiary/aromatic N) is 3. The van der Waals surface area contributed by atoms with Crippen LogP contribution in [0.5, 0.6) is 0 Å². The second kappa shape index (κ2) is 5.23. The minimum absolute atomic E-state index is 0.635.